The van der Waals surface area contributed by atoms with Crippen molar-refractivity contribution in [1.82, 2.24) is 19.9 Å². The maximum Gasteiger partial charge on any atom is 0.227 e. The lowest BCUT2D eigenvalue weighted by atomic mass is 9.90. The second-order valence-corrected chi connectivity index (χ2v) is 10.0. The van der Waals surface area contributed by atoms with Crippen LogP contribution in [-0.2, 0) is 16.0 Å². The molecule has 1 amide bonds. The van der Waals surface area contributed by atoms with Gasteiger partial charge in [0.1, 0.15) is 6.26 Å². The molecular formula is C24H28Cl2N4O4. The summed E-state index contributed by atoms with van der Waals surface area (Å²) < 4.78 is 10.9. The van der Waals surface area contributed by atoms with E-state index in [-0.39, 0.29) is 42.8 Å². The van der Waals surface area contributed by atoms with Gasteiger partial charge >= 0.3 is 0 Å². The summed E-state index contributed by atoms with van der Waals surface area (Å²) in [7, 11) is 0. The van der Waals surface area contributed by atoms with Gasteiger partial charge in [0.2, 0.25) is 5.91 Å². The minimum absolute atomic E-state index is 0.0546. The lowest BCUT2D eigenvalue weighted by Gasteiger charge is -2.54. The molecule has 8 nitrogen and oxygen atoms in total. The van der Waals surface area contributed by atoms with Gasteiger partial charge in [0.25, 0.3) is 0 Å². The van der Waals surface area contributed by atoms with Crippen LogP contribution in [0.15, 0.2) is 35.1 Å². The monoisotopic (exact) mass is 506 g/mol. The van der Waals surface area contributed by atoms with Crippen LogP contribution in [0.2, 0.25) is 10.0 Å². The van der Waals surface area contributed by atoms with Gasteiger partial charge in [-0.2, -0.15) is 0 Å². The first-order chi connectivity index (χ1) is 16.5. The molecule has 182 valence electrons. The molecule has 34 heavy (non-hydrogen) atoms. The van der Waals surface area contributed by atoms with Gasteiger partial charge in [-0.1, -0.05) is 34.4 Å². The molecule has 2 aromatic rings. The molecule has 3 saturated heterocycles. The van der Waals surface area contributed by atoms with E-state index in [9.17, 15) is 9.59 Å². The lowest BCUT2D eigenvalue weighted by Crippen LogP contribution is -2.72. The quantitative estimate of drug-likeness (QED) is 0.557. The van der Waals surface area contributed by atoms with Gasteiger partial charge in [-0.25, -0.2) is 0 Å². The summed E-state index contributed by atoms with van der Waals surface area (Å²) in [6.45, 7) is 4.44. The maximum atomic E-state index is 13.6. The number of halogens is 2. The number of carbonyl (C=O) groups is 2. The molecule has 0 N–H and O–H groups in total. The molecular weight excluding hydrogens is 479 g/mol. The molecule has 1 aromatic carbocycles. The Bertz CT molecular complexity index is 1030. The van der Waals surface area contributed by atoms with E-state index in [2.05, 4.69) is 15.0 Å². The maximum absolute atomic E-state index is 13.6. The highest BCUT2D eigenvalue weighted by atomic mass is 35.5. The van der Waals surface area contributed by atoms with Crippen molar-refractivity contribution in [3.8, 4) is 0 Å². The first-order valence-corrected chi connectivity index (χ1v) is 12.5. The van der Waals surface area contributed by atoms with Crippen LogP contribution in [0.1, 0.15) is 28.9 Å². The van der Waals surface area contributed by atoms with Gasteiger partial charge in [-0.15, -0.1) is 0 Å². The number of hydrogen-bond acceptors (Lipinski definition) is 7. The highest BCUT2D eigenvalue weighted by molar-refractivity contribution is 6.42. The molecule has 3 atom stereocenters. The SMILES string of the molecule is O=C(CN1CCN(C(=O)Cc2ccc(Cl)c(Cl)c2)[C@@H]2C(N3CCCC3)COC[C@H]21)c1ccon1. The highest BCUT2D eigenvalue weighted by Crippen LogP contribution is 2.30. The van der Waals surface area contributed by atoms with Crippen molar-refractivity contribution >= 4 is 34.9 Å². The number of rotatable bonds is 6. The lowest BCUT2D eigenvalue weighted by molar-refractivity contribution is -0.151. The summed E-state index contributed by atoms with van der Waals surface area (Å²) in [5, 5.41) is 4.71. The molecule has 0 saturated carbocycles. The fourth-order valence-corrected chi connectivity index (χ4v) is 5.80. The molecule has 0 aliphatic carbocycles. The van der Waals surface area contributed by atoms with Crippen molar-refractivity contribution < 1.29 is 18.8 Å². The average Bonchev–Trinajstić information content (AvgIpc) is 3.56. The fourth-order valence-electron chi connectivity index (χ4n) is 5.48. The number of fused-ring (bicyclic) bond motifs is 1. The summed E-state index contributed by atoms with van der Waals surface area (Å²) in [5.74, 6) is -0.0339. The number of amides is 1. The number of Topliss-reactive ketones (excluding diaryl/α,β-unsaturated/α-hetero) is 1. The predicted octanol–water partition coefficient (Wildman–Crippen LogP) is 2.78. The van der Waals surface area contributed by atoms with E-state index >= 15 is 0 Å². The van der Waals surface area contributed by atoms with Crippen LogP contribution in [0.5, 0.6) is 0 Å². The molecule has 1 aromatic heterocycles. The van der Waals surface area contributed by atoms with E-state index in [0.717, 1.165) is 31.5 Å². The smallest absolute Gasteiger partial charge is 0.227 e. The average molecular weight is 507 g/mol. The molecule has 10 heteroatoms. The molecule has 0 spiro atoms. The van der Waals surface area contributed by atoms with Gasteiger partial charge in [0.15, 0.2) is 11.5 Å². The van der Waals surface area contributed by atoms with E-state index < -0.39 is 0 Å². The van der Waals surface area contributed by atoms with Crippen LogP contribution < -0.4 is 0 Å². The summed E-state index contributed by atoms with van der Waals surface area (Å²) in [6.07, 6.45) is 3.97. The first kappa shape index (κ1) is 23.8. The Morgan fingerprint density at radius 1 is 1.00 bits per heavy atom. The predicted molar refractivity (Wildman–Crippen MR) is 127 cm³/mol. The Morgan fingerprint density at radius 2 is 1.79 bits per heavy atom. The summed E-state index contributed by atoms with van der Waals surface area (Å²) >= 11 is 12.2. The van der Waals surface area contributed by atoms with E-state index in [1.807, 2.05) is 11.0 Å². The Kier molecular flexibility index (Phi) is 7.22. The number of hydrogen-bond donors (Lipinski definition) is 0. The first-order valence-electron chi connectivity index (χ1n) is 11.7. The van der Waals surface area contributed by atoms with Gasteiger partial charge in [-0.05, 0) is 43.6 Å². The van der Waals surface area contributed by atoms with Crippen molar-refractivity contribution in [3.05, 3.63) is 51.8 Å². The number of piperazine rings is 1. The summed E-state index contributed by atoms with van der Waals surface area (Å²) in [4.78, 5) is 33.0. The van der Waals surface area contributed by atoms with E-state index in [4.69, 9.17) is 32.5 Å². The number of carbonyl (C=O) groups excluding carboxylic acids is 2. The number of likely N-dealkylation sites (tertiary alicyclic amines) is 1. The Morgan fingerprint density at radius 3 is 2.53 bits per heavy atom. The van der Waals surface area contributed by atoms with Crippen LogP contribution in [-0.4, -0.2) is 95.6 Å². The summed E-state index contributed by atoms with van der Waals surface area (Å²) in [6, 6.07) is 6.89. The van der Waals surface area contributed by atoms with Gasteiger partial charge in [-0.3, -0.25) is 19.4 Å². The molecule has 0 bridgehead atoms. The minimum Gasteiger partial charge on any atom is -0.378 e. The highest BCUT2D eigenvalue weighted by Gasteiger charge is 2.48. The zero-order chi connectivity index (χ0) is 23.7. The zero-order valence-corrected chi connectivity index (χ0v) is 20.4. The van der Waals surface area contributed by atoms with Crippen LogP contribution in [0, 0.1) is 0 Å². The van der Waals surface area contributed by atoms with Gasteiger partial charge < -0.3 is 14.2 Å². The Hall–Kier alpha value is -1.97. The van der Waals surface area contributed by atoms with Gasteiger partial charge in [0.05, 0.1) is 54.4 Å². The normalized spacial score (nSPS) is 25.9. The number of aromatic nitrogens is 1. The minimum atomic E-state index is -0.0913. The largest absolute Gasteiger partial charge is 0.378 e. The second-order valence-electron chi connectivity index (χ2n) is 9.20. The molecule has 5 rings (SSSR count). The Balaban J connectivity index is 1.38. The van der Waals surface area contributed by atoms with E-state index in [1.165, 1.54) is 6.26 Å². The van der Waals surface area contributed by atoms with Crippen LogP contribution in [0.4, 0.5) is 0 Å². The van der Waals surface area contributed by atoms with Crippen LogP contribution >= 0.6 is 23.2 Å². The van der Waals surface area contributed by atoms with Gasteiger partial charge in [0, 0.05) is 19.2 Å². The topological polar surface area (TPSA) is 79.1 Å². The molecule has 3 fully saturated rings. The Labute approximate surface area is 208 Å². The van der Waals surface area contributed by atoms with Crippen molar-refractivity contribution in [1.29, 1.82) is 0 Å². The molecule has 3 aliphatic rings. The van der Waals surface area contributed by atoms with Crippen LogP contribution in [0.3, 0.4) is 0 Å². The third-order valence-electron chi connectivity index (χ3n) is 7.16. The number of ether oxygens (including phenoxy) is 1. The van der Waals surface area contributed by atoms with Crippen molar-refractivity contribution in [3.63, 3.8) is 0 Å². The number of ketones is 1. The zero-order valence-electron chi connectivity index (χ0n) is 18.9. The molecule has 4 heterocycles. The van der Waals surface area contributed by atoms with Crippen molar-refractivity contribution in [2.24, 2.45) is 0 Å². The standard InChI is InChI=1S/C24H28Cl2N4O4/c25-17-4-3-16(11-18(17)26)12-23(32)30-9-8-29(13-22(31)19-5-10-34-27-19)21-15-33-14-20(24(21)30)28-6-1-2-7-28/h3-5,10-11,20-21,24H,1-2,6-9,12-15H2/t20?,21-,24-/m1/s1. The van der Waals surface area contributed by atoms with Crippen molar-refractivity contribution in [2.75, 3.05) is 45.9 Å². The number of nitrogens with zero attached hydrogens (tertiary/aromatic N) is 4. The fraction of sp³-hybridized carbons (Fsp3) is 0.542. The van der Waals surface area contributed by atoms with Crippen molar-refractivity contribution in [2.45, 2.75) is 37.4 Å². The number of benzene rings is 1. The molecule has 1 unspecified atom stereocenters. The molecule has 0 radical (unpaired) electrons. The third kappa shape index (κ3) is 4.88. The van der Waals surface area contributed by atoms with Crippen LogP contribution in [0.25, 0.3) is 0 Å². The summed E-state index contributed by atoms with van der Waals surface area (Å²) in [5.41, 5.74) is 1.16. The molecule has 3 aliphatic heterocycles. The van der Waals surface area contributed by atoms with E-state index in [1.54, 1.807) is 18.2 Å². The second kappa shape index (κ2) is 10.3. The third-order valence-corrected chi connectivity index (χ3v) is 7.90. The van der Waals surface area contributed by atoms with E-state index in [0.29, 0.717) is 42.0 Å².